The maximum absolute atomic E-state index is 11.8. The number of rotatable bonds is 4. The first-order valence-electron chi connectivity index (χ1n) is 7.05. The minimum Gasteiger partial charge on any atom is -0.381 e. The molecule has 1 aromatic carbocycles. The van der Waals surface area contributed by atoms with Gasteiger partial charge in [-0.3, -0.25) is 4.79 Å². The molecule has 3 nitrogen and oxygen atoms in total. The van der Waals surface area contributed by atoms with E-state index >= 15 is 0 Å². The van der Waals surface area contributed by atoms with Crippen molar-refractivity contribution in [2.75, 3.05) is 19.8 Å². The fourth-order valence-corrected chi connectivity index (χ4v) is 2.58. The van der Waals surface area contributed by atoms with Crippen molar-refractivity contribution in [3.63, 3.8) is 0 Å². The second-order valence-corrected chi connectivity index (χ2v) is 5.63. The lowest BCUT2D eigenvalue weighted by Gasteiger charge is -2.38. The molecule has 1 heterocycles. The molecule has 19 heavy (non-hydrogen) atoms. The molecular formula is C16H23NO2. The van der Waals surface area contributed by atoms with E-state index in [4.69, 9.17) is 4.74 Å². The molecule has 0 aliphatic carbocycles. The van der Waals surface area contributed by atoms with Gasteiger partial charge in [-0.15, -0.1) is 0 Å². The molecule has 0 spiro atoms. The zero-order valence-corrected chi connectivity index (χ0v) is 11.8. The predicted molar refractivity (Wildman–Crippen MR) is 76.0 cm³/mol. The summed E-state index contributed by atoms with van der Waals surface area (Å²) >= 11 is 0. The van der Waals surface area contributed by atoms with Gasteiger partial charge in [0.2, 0.25) is 5.91 Å². The number of benzene rings is 1. The molecule has 0 unspecified atom stereocenters. The lowest BCUT2D eigenvalue weighted by Crippen LogP contribution is -2.45. The largest absolute Gasteiger partial charge is 0.381 e. The summed E-state index contributed by atoms with van der Waals surface area (Å²) < 4.78 is 5.49. The van der Waals surface area contributed by atoms with Crippen LogP contribution in [0, 0.1) is 5.92 Å². The minimum atomic E-state index is 0.0318. The number of hydrogen-bond donors (Lipinski definition) is 1. The van der Waals surface area contributed by atoms with Crippen LogP contribution in [0.15, 0.2) is 30.3 Å². The van der Waals surface area contributed by atoms with E-state index in [1.54, 1.807) is 0 Å². The van der Waals surface area contributed by atoms with Gasteiger partial charge in [0.1, 0.15) is 0 Å². The van der Waals surface area contributed by atoms with E-state index in [1.807, 2.05) is 19.9 Å². The molecule has 0 aromatic heterocycles. The molecule has 1 aromatic rings. The number of nitrogens with one attached hydrogen (secondary N) is 1. The molecule has 1 fully saturated rings. The Bertz CT molecular complexity index is 408. The lowest BCUT2D eigenvalue weighted by atomic mass is 9.74. The van der Waals surface area contributed by atoms with E-state index in [9.17, 15) is 4.79 Å². The van der Waals surface area contributed by atoms with E-state index in [0.717, 1.165) is 26.1 Å². The van der Waals surface area contributed by atoms with Gasteiger partial charge < -0.3 is 10.1 Å². The van der Waals surface area contributed by atoms with Crippen molar-refractivity contribution in [2.45, 2.75) is 32.1 Å². The molecule has 0 bridgehead atoms. The first kappa shape index (κ1) is 14.1. The van der Waals surface area contributed by atoms with Gasteiger partial charge in [-0.05, 0) is 18.4 Å². The Balaban J connectivity index is 2.14. The van der Waals surface area contributed by atoms with Crippen LogP contribution >= 0.6 is 0 Å². The highest BCUT2D eigenvalue weighted by Crippen LogP contribution is 2.34. The van der Waals surface area contributed by atoms with E-state index in [2.05, 4.69) is 29.6 Å². The number of amides is 1. The summed E-state index contributed by atoms with van der Waals surface area (Å²) in [6, 6.07) is 10.5. The monoisotopic (exact) mass is 261 g/mol. The molecular weight excluding hydrogens is 238 g/mol. The maximum Gasteiger partial charge on any atom is 0.222 e. The summed E-state index contributed by atoms with van der Waals surface area (Å²) in [7, 11) is 0. The SMILES string of the molecule is CC(C)C(=O)NCC1(c2ccccc2)CCOCC1. The van der Waals surface area contributed by atoms with Crippen molar-refractivity contribution in [2.24, 2.45) is 5.92 Å². The van der Waals surface area contributed by atoms with Crippen molar-refractivity contribution < 1.29 is 9.53 Å². The van der Waals surface area contributed by atoms with Crippen molar-refractivity contribution in [1.82, 2.24) is 5.32 Å². The van der Waals surface area contributed by atoms with Gasteiger partial charge >= 0.3 is 0 Å². The second-order valence-electron chi connectivity index (χ2n) is 5.63. The van der Waals surface area contributed by atoms with E-state index in [1.165, 1.54) is 5.56 Å². The number of carbonyl (C=O) groups excluding carboxylic acids is 1. The minimum absolute atomic E-state index is 0.0318. The fraction of sp³-hybridized carbons (Fsp3) is 0.562. The van der Waals surface area contributed by atoms with Gasteiger partial charge in [-0.1, -0.05) is 44.2 Å². The van der Waals surface area contributed by atoms with E-state index in [-0.39, 0.29) is 17.2 Å². The normalized spacial score (nSPS) is 18.3. The summed E-state index contributed by atoms with van der Waals surface area (Å²) in [5, 5.41) is 3.10. The topological polar surface area (TPSA) is 38.3 Å². The van der Waals surface area contributed by atoms with Crippen LogP contribution in [0.3, 0.4) is 0 Å². The Labute approximate surface area is 115 Å². The summed E-state index contributed by atoms with van der Waals surface area (Å²) in [5.74, 6) is 0.162. The van der Waals surface area contributed by atoms with Crippen LogP contribution in [0.1, 0.15) is 32.3 Å². The molecule has 3 heteroatoms. The molecule has 1 N–H and O–H groups in total. The number of carbonyl (C=O) groups is 1. The second kappa shape index (κ2) is 6.20. The molecule has 0 saturated carbocycles. The van der Waals surface area contributed by atoms with Crippen LogP contribution in [0.5, 0.6) is 0 Å². The Morgan fingerprint density at radius 1 is 1.26 bits per heavy atom. The standard InChI is InChI=1S/C16H23NO2/c1-13(2)15(18)17-12-16(8-10-19-11-9-16)14-6-4-3-5-7-14/h3-7,13H,8-12H2,1-2H3,(H,17,18). The van der Waals surface area contributed by atoms with Gasteiger partial charge in [-0.2, -0.15) is 0 Å². The molecule has 1 aliphatic heterocycles. The summed E-state index contributed by atoms with van der Waals surface area (Å²) in [5.41, 5.74) is 1.34. The zero-order chi connectivity index (χ0) is 13.7. The summed E-state index contributed by atoms with van der Waals surface area (Å²) in [6.45, 7) is 6.10. The van der Waals surface area contributed by atoms with Crippen LogP contribution in [0.2, 0.25) is 0 Å². The van der Waals surface area contributed by atoms with Crippen molar-refractivity contribution in [3.8, 4) is 0 Å². The van der Waals surface area contributed by atoms with E-state index in [0.29, 0.717) is 6.54 Å². The van der Waals surface area contributed by atoms with Crippen LogP contribution in [0.25, 0.3) is 0 Å². The Hall–Kier alpha value is -1.35. The maximum atomic E-state index is 11.8. The van der Waals surface area contributed by atoms with E-state index < -0.39 is 0 Å². The smallest absolute Gasteiger partial charge is 0.222 e. The third kappa shape index (κ3) is 3.35. The van der Waals surface area contributed by atoms with Gasteiger partial charge in [0, 0.05) is 31.1 Å². The Kier molecular flexibility index (Phi) is 4.59. The molecule has 1 aliphatic rings. The highest BCUT2D eigenvalue weighted by atomic mass is 16.5. The van der Waals surface area contributed by atoms with Crippen LogP contribution in [-0.2, 0) is 14.9 Å². The van der Waals surface area contributed by atoms with Gasteiger partial charge in [0.25, 0.3) is 0 Å². The number of ether oxygens (including phenoxy) is 1. The number of hydrogen-bond acceptors (Lipinski definition) is 2. The summed E-state index contributed by atoms with van der Waals surface area (Å²) in [4.78, 5) is 11.8. The van der Waals surface area contributed by atoms with Gasteiger partial charge in [0.15, 0.2) is 0 Å². The average molecular weight is 261 g/mol. The predicted octanol–water partition coefficient (Wildman–Crippen LogP) is 2.51. The van der Waals surface area contributed by atoms with Gasteiger partial charge in [0.05, 0.1) is 0 Å². The third-order valence-corrected chi connectivity index (χ3v) is 3.96. The van der Waals surface area contributed by atoms with Gasteiger partial charge in [-0.25, -0.2) is 0 Å². The molecule has 1 saturated heterocycles. The summed E-state index contributed by atoms with van der Waals surface area (Å²) in [6.07, 6.45) is 1.94. The van der Waals surface area contributed by atoms with Crippen LogP contribution < -0.4 is 5.32 Å². The highest BCUT2D eigenvalue weighted by molar-refractivity contribution is 5.77. The highest BCUT2D eigenvalue weighted by Gasteiger charge is 2.34. The molecule has 104 valence electrons. The Morgan fingerprint density at radius 2 is 1.89 bits per heavy atom. The van der Waals surface area contributed by atoms with Crippen molar-refractivity contribution >= 4 is 5.91 Å². The third-order valence-electron chi connectivity index (χ3n) is 3.96. The molecule has 2 rings (SSSR count). The Morgan fingerprint density at radius 3 is 2.47 bits per heavy atom. The molecule has 1 amide bonds. The van der Waals surface area contributed by atoms with Crippen LogP contribution in [-0.4, -0.2) is 25.7 Å². The first-order chi connectivity index (χ1) is 9.14. The van der Waals surface area contributed by atoms with Crippen LogP contribution in [0.4, 0.5) is 0 Å². The van der Waals surface area contributed by atoms with Crippen molar-refractivity contribution in [3.05, 3.63) is 35.9 Å². The molecule has 0 atom stereocenters. The molecule has 0 radical (unpaired) electrons. The zero-order valence-electron chi connectivity index (χ0n) is 11.8. The first-order valence-corrected chi connectivity index (χ1v) is 7.05. The fourth-order valence-electron chi connectivity index (χ4n) is 2.58. The average Bonchev–Trinajstić information content (AvgIpc) is 2.46. The quantitative estimate of drug-likeness (QED) is 0.904. The van der Waals surface area contributed by atoms with Crippen molar-refractivity contribution in [1.29, 1.82) is 0 Å². The lowest BCUT2D eigenvalue weighted by molar-refractivity contribution is -0.124.